The summed E-state index contributed by atoms with van der Waals surface area (Å²) in [6.07, 6.45) is 3.64. The average molecular weight is 273 g/mol. The minimum Gasteiger partial charge on any atom is -0.478 e. The number of carboxylic acid groups (broad SMARTS) is 1. The van der Waals surface area contributed by atoms with Crippen LogP contribution in [0.3, 0.4) is 0 Å². The zero-order valence-corrected chi connectivity index (χ0v) is 11.0. The first-order valence-corrected chi connectivity index (χ1v) is 6.18. The van der Waals surface area contributed by atoms with Gasteiger partial charge in [0.05, 0.1) is 11.3 Å². The SMILES string of the molecule is Cc1cccc(NC(=O)CCn2cccn2)c1C(=O)O. The van der Waals surface area contributed by atoms with E-state index < -0.39 is 5.97 Å². The van der Waals surface area contributed by atoms with Crippen LogP contribution in [0.1, 0.15) is 22.3 Å². The Hall–Kier alpha value is -2.63. The first kappa shape index (κ1) is 13.8. The topological polar surface area (TPSA) is 84.2 Å². The van der Waals surface area contributed by atoms with Gasteiger partial charge in [-0.1, -0.05) is 12.1 Å². The molecule has 0 unspecified atom stereocenters. The zero-order chi connectivity index (χ0) is 14.5. The lowest BCUT2D eigenvalue weighted by Crippen LogP contribution is -2.17. The Morgan fingerprint density at radius 3 is 2.80 bits per heavy atom. The summed E-state index contributed by atoms with van der Waals surface area (Å²) >= 11 is 0. The number of nitrogens with zero attached hydrogens (tertiary/aromatic N) is 2. The molecule has 0 spiro atoms. The molecule has 0 atom stereocenters. The maximum atomic E-state index is 11.8. The summed E-state index contributed by atoms with van der Waals surface area (Å²) in [6, 6.07) is 6.77. The number of anilines is 1. The zero-order valence-electron chi connectivity index (χ0n) is 11.0. The van der Waals surface area contributed by atoms with Crippen LogP contribution < -0.4 is 5.32 Å². The van der Waals surface area contributed by atoms with Gasteiger partial charge in [-0.05, 0) is 24.6 Å². The van der Waals surface area contributed by atoms with Crippen LogP contribution in [-0.2, 0) is 11.3 Å². The van der Waals surface area contributed by atoms with E-state index in [-0.39, 0.29) is 17.9 Å². The van der Waals surface area contributed by atoms with Crippen molar-refractivity contribution in [2.45, 2.75) is 19.9 Å². The summed E-state index contributed by atoms with van der Waals surface area (Å²) in [5.41, 5.74) is 1.06. The lowest BCUT2D eigenvalue weighted by atomic mass is 10.1. The molecular formula is C14H15N3O3. The lowest BCUT2D eigenvalue weighted by Gasteiger charge is -2.10. The molecule has 1 amide bonds. The van der Waals surface area contributed by atoms with Gasteiger partial charge < -0.3 is 10.4 Å². The third-order valence-electron chi connectivity index (χ3n) is 2.89. The van der Waals surface area contributed by atoms with Crippen LogP contribution >= 0.6 is 0 Å². The monoisotopic (exact) mass is 273 g/mol. The predicted molar refractivity (Wildman–Crippen MR) is 73.6 cm³/mol. The summed E-state index contributed by atoms with van der Waals surface area (Å²) in [5.74, 6) is -1.29. The normalized spacial score (nSPS) is 10.2. The number of aromatic carboxylic acids is 1. The third-order valence-corrected chi connectivity index (χ3v) is 2.89. The number of aromatic nitrogens is 2. The highest BCUT2D eigenvalue weighted by molar-refractivity contribution is 6.01. The van der Waals surface area contributed by atoms with Crippen LogP contribution in [0, 0.1) is 6.92 Å². The van der Waals surface area contributed by atoms with Crippen molar-refractivity contribution in [3.8, 4) is 0 Å². The van der Waals surface area contributed by atoms with E-state index in [2.05, 4.69) is 10.4 Å². The number of carboxylic acids is 1. The number of amides is 1. The predicted octanol–water partition coefficient (Wildman–Crippen LogP) is 1.92. The molecule has 2 aromatic rings. The molecule has 6 nitrogen and oxygen atoms in total. The molecule has 0 saturated heterocycles. The Kier molecular flexibility index (Phi) is 4.14. The fourth-order valence-corrected chi connectivity index (χ4v) is 1.92. The van der Waals surface area contributed by atoms with Crippen molar-refractivity contribution in [1.29, 1.82) is 0 Å². The molecule has 2 rings (SSSR count). The van der Waals surface area contributed by atoms with Crippen LogP contribution in [0.5, 0.6) is 0 Å². The number of nitrogens with one attached hydrogen (secondary N) is 1. The average Bonchev–Trinajstić information content (AvgIpc) is 2.89. The first-order valence-electron chi connectivity index (χ1n) is 6.18. The standard InChI is InChI=1S/C14H15N3O3/c1-10-4-2-5-11(13(10)14(19)20)16-12(18)6-9-17-8-3-7-15-17/h2-5,7-8H,6,9H2,1H3,(H,16,18)(H,19,20). The van der Waals surface area contributed by atoms with Crippen molar-refractivity contribution in [2.75, 3.05) is 5.32 Å². The van der Waals surface area contributed by atoms with Crippen molar-refractivity contribution in [3.05, 3.63) is 47.8 Å². The van der Waals surface area contributed by atoms with E-state index in [1.165, 1.54) is 0 Å². The van der Waals surface area contributed by atoms with Gasteiger partial charge in [0, 0.05) is 25.4 Å². The van der Waals surface area contributed by atoms with Gasteiger partial charge in [0.2, 0.25) is 5.91 Å². The number of rotatable bonds is 5. The smallest absolute Gasteiger partial charge is 0.338 e. The van der Waals surface area contributed by atoms with Crippen molar-refractivity contribution >= 4 is 17.6 Å². The first-order chi connectivity index (χ1) is 9.58. The minimum absolute atomic E-state index is 0.125. The van der Waals surface area contributed by atoms with Gasteiger partial charge in [0.15, 0.2) is 0 Å². The van der Waals surface area contributed by atoms with Crippen LogP contribution in [0.4, 0.5) is 5.69 Å². The summed E-state index contributed by atoms with van der Waals surface area (Å²) in [7, 11) is 0. The summed E-state index contributed by atoms with van der Waals surface area (Å²) in [6.45, 7) is 2.15. The Morgan fingerprint density at radius 1 is 1.35 bits per heavy atom. The van der Waals surface area contributed by atoms with Gasteiger partial charge in [0.1, 0.15) is 0 Å². The van der Waals surface area contributed by atoms with E-state index in [1.807, 2.05) is 0 Å². The Labute approximate surface area is 116 Å². The van der Waals surface area contributed by atoms with E-state index in [4.69, 9.17) is 0 Å². The Balaban J connectivity index is 2.04. The molecule has 104 valence electrons. The van der Waals surface area contributed by atoms with Crippen LogP contribution in [0.2, 0.25) is 0 Å². The van der Waals surface area contributed by atoms with Crippen LogP contribution in [0.15, 0.2) is 36.7 Å². The largest absolute Gasteiger partial charge is 0.478 e. The third kappa shape index (κ3) is 3.23. The minimum atomic E-state index is -1.05. The Morgan fingerprint density at radius 2 is 2.15 bits per heavy atom. The molecule has 6 heteroatoms. The highest BCUT2D eigenvalue weighted by Crippen LogP contribution is 2.19. The molecule has 0 aliphatic rings. The van der Waals surface area contributed by atoms with Gasteiger partial charge >= 0.3 is 5.97 Å². The van der Waals surface area contributed by atoms with Crippen LogP contribution in [-0.4, -0.2) is 26.8 Å². The highest BCUT2D eigenvalue weighted by Gasteiger charge is 2.14. The fraction of sp³-hybridized carbons (Fsp3) is 0.214. The van der Waals surface area contributed by atoms with Gasteiger partial charge in [0.25, 0.3) is 0 Å². The van der Waals surface area contributed by atoms with Crippen LogP contribution in [0.25, 0.3) is 0 Å². The van der Waals surface area contributed by atoms with Gasteiger partial charge in [-0.3, -0.25) is 9.48 Å². The molecular weight excluding hydrogens is 258 g/mol. The van der Waals surface area contributed by atoms with E-state index in [1.54, 1.807) is 48.3 Å². The molecule has 0 aliphatic heterocycles. The molecule has 0 fully saturated rings. The number of aryl methyl sites for hydroxylation is 2. The molecule has 2 N–H and O–H groups in total. The summed E-state index contributed by atoms with van der Waals surface area (Å²) in [4.78, 5) is 23.1. The maximum Gasteiger partial charge on any atom is 0.338 e. The molecule has 20 heavy (non-hydrogen) atoms. The van der Waals surface area contributed by atoms with Gasteiger partial charge in [-0.25, -0.2) is 4.79 Å². The highest BCUT2D eigenvalue weighted by atomic mass is 16.4. The number of hydrogen-bond acceptors (Lipinski definition) is 3. The molecule has 1 aromatic heterocycles. The number of carbonyl (C=O) groups is 2. The van der Waals surface area contributed by atoms with Gasteiger partial charge in [-0.2, -0.15) is 5.10 Å². The number of benzene rings is 1. The fourth-order valence-electron chi connectivity index (χ4n) is 1.92. The Bertz CT molecular complexity index is 621. The van der Waals surface area contributed by atoms with Crippen molar-refractivity contribution in [3.63, 3.8) is 0 Å². The molecule has 0 bridgehead atoms. The second kappa shape index (κ2) is 6.01. The summed E-state index contributed by atoms with van der Waals surface area (Å²) < 4.78 is 1.65. The number of carbonyl (C=O) groups excluding carboxylic acids is 1. The molecule has 0 aliphatic carbocycles. The second-order valence-electron chi connectivity index (χ2n) is 4.37. The molecule has 1 aromatic carbocycles. The van der Waals surface area contributed by atoms with Crippen molar-refractivity contribution < 1.29 is 14.7 Å². The van der Waals surface area contributed by atoms with E-state index in [9.17, 15) is 14.7 Å². The van der Waals surface area contributed by atoms with Crippen molar-refractivity contribution in [1.82, 2.24) is 9.78 Å². The molecule has 0 saturated carbocycles. The second-order valence-corrected chi connectivity index (χ2v) is 4.37. The number of hydrogen-bond donors (Lipinski definition) is 2. The van der Waals surface area contributed by atoms with E-state index >= 15 is 0 Å². The van der Waals surface area contributed by atoms with Crippen molar-refractivity contribution in [2.24, 2.45) is 0 Å². The van der Waals surface area contributed by atoms with E-state index in [0.717, 1.165) is 0 Å². The lowest BCUT2D eigenvalue weighted by molar-refractivity contribution is -0.116. The summed E-state index contributed by atoms with van der Waals surface area (Å²) in [5, 5.41) is 15.8. The van der Waals surface area contributed by atoms with Gasteiger partial charge in [-0.15, -0.1) is 0 Å². The molecule has 1 heterocycles. The molecule has 0 radical (unpaired) electrons. The maximum absolute atomic E-state index is 11.8. The quantitative estimate of drug-likeness (QED) is 0.871. The van der Waals surface area contributed by atoms with E-state index in [0.29, 0.717) is 17.8 Å².